The summed E-state index contributed by atoms with van der Waals surface area (Å²) in [7, 11) is 0. The number of amides is 1. The number of hydrogen-bond acceptors (Lipinski definition) is 5. The molecule has 0 radical (unpaired) electrons. The van der Waals surface area contributed by atoms with Crippen molar-refractivity contribution >= 4 is 28.2 Å². The summed E-state index contributed by atoms with van der Waals surface area (Å²) in [5.74, 6) is -0.475. The van der Waals surface area contributed by atoms with E-state index < -0.39 is 0 Å². The van der Waals surface area contributed by atoms with E-state index >= 15 is 0 Å². The highest BCUT2D eigenvalue weighted by molar-refractivity contribution is 7.15. The van der Waals surface area contributed by atoms with Gasteiger partial charge < -0.3 is 10.1 Å². The number of ether oxygens (including phenoxy) is 1. The molecule has 0 aliphatic heterocycles. The minimum atomic E-state index is -0.363. The maximum absolute atomic E-state index is 13.2. The molecule has 1 aliphatic carbocycles. The third-order valence-corrected chi connectivity index (χ3v) is 6.44. The Bertz CT molecular complexity index is 1010. The summed E-state index contributed by atoms with van der Waals surface area (Å²) in [6.07, 6.45) is 9.51. The van der Waals surface area contributed by atoms with Crippen molar-refractivity contribution in [3.05, 3.63) is 71.4 Å². The van der Waals surface area contributed by atoms with Crippen LogP contribution in [-0.2, 0) is 16.0 Å². The van der Waals surface area contributed by atoms with Crippen LogP contribution in [0.25, 0.3) is 11.1 Å². The molecule has 1 aromatic carbocycles. The second-order valence-electron chi connectivity index (χ2n) is 7.79. The minimum absolute atomic E-state index is 0.0481. The molecular formula is C25H26N2O3S. The Morgan fingerprint density at radius 2 is 1.77 bits per heavy atom. The first-order chi connectivity index (χ1) is 15.2. The van der Waals surface area contributed by atoms with Crippen LogP contribution in [0.1, 0.15) is 54.4 Å². The van der Waals surface area contributed by atoms with Crippen molar-refractivity contribution in [1.82, 2.24) is 4.98 Å². The van der Waals surface area contributed by atoms with E-state index in [4.69, 9.17) is 4.74 Å². The van der Waals surface area contributed by atoms with Crippen LogP contribution in [0.4, 0.5) is 5.00 Å². The quantitative estimate of drug-likeness (QED) is 0.472. The van der Waals surface area contributed by atoms with Gasteiger partial charge in [-0.3, -0.25) is 9.78 Å². The van der Waals surface area contributed by atoms with Gasteiger partial charge in [0.1, 0.15) is 16.7 Å². The maximum Gasteiger partial charge on any atom is 0.342 e. The predicted octanol–water partition coefficient (Wildman–Crippen LogP) is 5.87. The van der Waals surface area contributed by atoms with Gasteiger partial charge >= 0.3 is 5.97 Å². The number of carbonyl (C=O) groups is 2. The molecule has 1 N–H and O–H groups in total. The van der Waals surface area contributed by atoms with Crippen LogP contribution in [0, 0.1) is 0 Å². The highest BCUT2D eigenvalue weighted by atomic mass is 32.1. The van der Waals surface area contributed by atoms with Crippen molar-refractivity contribution < 1.29 is 14.3 Å². The molecule has 31 heavy (non-hydrogen) atoms. The number of carbonyl (C=O) groups excluding carboxylic acids is 2. The SMILES string of the molecule is O=C(CCc1ccccc1)Nc1scc(-c2ccncc2)c1C(=O)OC1CCCCC1. The van der Waals surface area contributed by atoms with Gasteiger partial charge in [-0.2, -0.15) is 0 Å². The number of pyridine rings is 1. The summed E-state index contributed by atoms with van der Waals surface area (Å²) in [4.78, 5) is 29.9. The number of aryl methyl sites for hydroxylation is 1. The third-order valence-electron chi connectivity index (χ3n) is 5.55. The molecule has 1 amide bonds. The van der Waals surface area contributed by atoms with Gasteiger partial charge in [-0.1, -0.05) is 36.8 Å². The van der Waals surface area contributed by atoms with E-state index in [9.17, 15) is 9.59 Å². The number of esters is 1. The van der Waals surface area contributed by atoms with Gasteiger partial charge in [0.2, 0.25) is 5.91 Å². The van der Waals surface area contributed by atoms with Crippen LogP contribution < -0.4 is 5.32 Å². The van der Waals surface area contributed by atoms with Crippen molar-refractivity contribution in [1.29, 1.82) is 0 Å². The highest BCUT2D eigenvalue weighted by Gasteiger charge is 2.26. The molecule has 4 rings (SSSR count). The standard InChI is InChI=1S/C25H26N2O3S/c28-22(12-11-18-7-3-1-4-8-18)27-24-23(25(29)30-20-9-5-2-6-10-20)21(17-31-24)19-13-15-26-16-14-19/h1,3-4,7-8,13-17,20H,2,5-6,9-12H2,(H,27,28). The Kier molecular flexibility index (Phi) is 7.10. The number of rotatable bonds is 7. The molecule has 0 unspecified atom stereocenters. The molecule has 1 fully saturated rings. The number of benzene rings is 1. The molecular weight excluding hydrogens is 408 g/mol. The fourth-order valence-corrected chi connectivity index (χ4v) is 4.85. The van der Waals surface area contributed by atoms with Crippen LogP contribution in [-0.4, -0.2) is 23.0 Å². The molecule has 5 nitrogen and oxygen atoms in total. The fourth-order valence-electron chi connectivity index (χ4n) is 3.88. The largest absolute Gasteiger partial charge is 0.459 e. The minimum Gasteiger partial charge on any atom is -0.459 e. The zero-order valence-electron chi connectivity index (χ0n) is 17.4. The second kappa shape index (κ2) is 10.4. The van der Waals surface area contributed by atoms with Gasteiger partial charge in [0.25, 0.3) is 0 Å². The molecule has 1 saturated carbocycles. The lowest BCUT2D eigenvalue weighted by molar-refractivity contribution is -0.116. The first kappa shape index (κ1) is 21.2. The average molecular weight is 435 g/mol. The van der Waals surface area contributed by atoms with Crippen LogP contribution in [0.2, 0.25) is 0 Å². The molecule has 160 valence electrons. The summed E-state index contributed by atoms with van der Waals surface area (Å²) < 4.78 is 5.85. The Morgan fingerprint density at radius 1 is 1.03 bits per heavy atom. The molecule has 6 heteroatoms. The van der Waals surface area contributed by atoms with Crippen molar-refractivity contribution in [3.8, 4) is 11.1 Å². The molecule has 2 aromatic heterocycles. The number of thiophene rings is 1. The fraction of sp³-hybridized carbons (Fsp3) is 0.320. The van der Waals surface area contributed by atoms with E-state index in [0.29, 0.717) is 23.4 Å². The van der Waals surface area contributed by atoms with Gasteiger partial charge in [-0.25, -0.2) is 4.79 Å². The van der Waals surface area contributed by atoms with Crippen molar-refractivity contribution in [3.63, 3.8) is 0 Å². The smallest absolute Gasteiger partial charge is 0.342 e. The summed E-state index contributed by atoms with van der Waals surface area (Å²) >= 11 is 1.36. The van der Waals surface area contributed by atoms with Crippen molar-refractivity contribution in [2.75, 3.05) is 5.32 Å². The van der Waals surface area contributed by atoms with Gasteiger partial charge in [-0.05, 0) is 55.4 Å². The maximum atomic E-state index is 13.2. The summed E-state index contributed by atoms with van der Waals surface area (Å²) in [5.41, 5.74) is 3.20. The zero-order valence-corrected chi connectivity index (χ0v) is 18.2. The number of anilines is 1. The van der Waals surface area contributed by atoms with E-state index in [-0.39, 0.29) is 18.0 Å². The molecule has 1 aliphatic rings. The summed E-state index contributed by atoms with van der Waals surface area (Å²) in [6.45, 7) is 0. The second-order valence-corrected chi connectivity index (χ2v) is 8.67. The number of hydrogen-bond donors (Lipinski definition) is 1. The first-order valence-corrected chi connectivity index (χ1v) is 11.7. The van der Waals surface area contributed by atoms with E-state index in [2.05, 4.69) is 10.3 Å². The lowest BCUT2D eigenvalue weighted by Crippen LogP contribution is -2.22. The zero-order chi connectivity index (χ0) is 21.5. The van der Waals surface area contributed by atoms with E-state index in [1.54, 1.807) is 12.4 Å². The highest BCUT2D eigenvalue weighted by Crippen LogP contribution is 2.37. The first-order valence-electron chi connectivity index (χ1n) is 10.8. The molecule has 0 atom stereocenters. The van der Waals surface area contributed by atoms with Crippen molar-refractivity contribution in [2.45, 2.75) is 51.0 Å². The molecule has 2 heterocycles. The van der Waals surface area contributed by atoms with E-state index in [1.165, 1.54) is 17.8 Å². The van der Waals surface area contributed by atoms with E-state index in [0.717, 1.165) is 42.4 Å². The van der Waals surface area contributed by atoms with Crippen molar-refractivity contribution in [2.24, 2.45) is 0 Å². The Hall–Kier alpha value is -2.99. The lowest BCUT2D eigenvalue weighted by Gasteiger charge is -2.22. The topological polar surface area (TPSA) is 68.3 Å². The monoisotopic (exact) mass is 434 g/mol. The van der Waals surface area contributed by atoms with Gasteiger partial charge in [-0.15, -0.1) is 11.3 Å². The number of nitrogens with zero attached hydrogens (tertiary/aromatic N) is 1. The molecule has 0 spiro atoms. The molecule has 0 bridgehead atoms. The van der Waals surface area contributed by atoms with Gasteiger partial charge in [0.15, 0.2) is 0 Å². The van der Waals surface area contributed by atoms with Crippen LogP contribution in [0.5, 0.6) is 0 Å². The van der Waals surface area contributed by atoms with Crippen LogP contribution in [0.3, 0.4) is 0 Å². The third kappa shape index (κ3) is 5.58. The summed E-state index contributed by atoms with van der Waals surface area (Å²) in [6, 6.07) is 13.6. The number of nitrogens with one attached hydrogen (secondary N) is 1. The molecule has 0 saturated heterocycles. The Balaban J connectivity index is 1.52. The lowest BCUT2D eigenvalue weighted by atomic mass is 9.97. The average Bonchev–Trinajstić information content (AvgIpc) is 3.23. The normalized spacial score (nSPS) is 14.2. The van der Waals surface area contributed by atoms with E-state index in [1.807, 2.05) is 47.8 Å². The number of aromatic nitrogens is 1. The van der Waals surface area contributed by atoms with Crippen LogP contribution in [0.15, 0.2) is 60.2 Å². The van der Waals surface area contributed by atoms with Gasteiger partial charge in [0, 0.05) is 29.8 Å². The van der Waals surface area contributed by atoms with Crippen LogP contribution >= 0.6 is 11.3 Å². The predicted molar refractivity (Wildman–Crippen MR) is 123 cm³/mol. The Morgan fingerprint density at radius 3 is 2.52 bits per heavy atom. The molecule has 3 aromatic rings. The van der Waals surface area contributed by atoms with Gasteiger partial charge in [0.05, 0.1) is 0 Å². The Labute approximate surface area is 186 Å². The summed E-state index contributed by atoms with van der Waals surface area (Å²) in [5, 5.41) is 5.40.